The summed E-state index contributed by atoms with van der Waals surface area (Å²) in [5, 5.41) is 0. The zero-order valence-corrected chi connectivity index (χ0v) is 39.1. The van der Waals surface area contributed by atoms with E-state index in [2.05, 4.69) is 0 Å². The smallest absolute Gasteiger partial charge is 0.308 e. The van der Waals surface area contributed by atoms with Crippen molar-refractivity contribution in [1.82, 2.24) is 0 Å². The summed E-state index contributed by atoms with van der Waals surface area (Å²) < 4.78 is 87.5. The minimum Gasteiger partial charge on any atom is -0.493 e. The van der Waals surface area contributed by atoms with E-state index in [0.717, 1.165) is 52.7 Å². The molecule has 4 heterocycles. The van der Waals surface area contributed by atoms with Gasteiger partial charge in [-0.25, -0.2) is 0 Å². The molecule has 4 aliphatic rings. The first-order valence-corrected chi connectivity index (χ1v) is 21.7. The van der Waals surface area contributed by atoms with Gasteiger partial charge in [0.05, 0.1) is 52.4 Å². The molecule has 4 fully saturated rings. The van der Waals surface area contributed by atoms with E-state index >= 15 is 0 Å². The molecule has 0 radical (unpaired) electrons. The van der Waals surface area contributed by atoms with Gasteiger partial charge >= 0.3 is 41.8 Å². The molecular weight excluding hydrogens is 904 g/mol. The van der Waals surface area contributed by atoms with Gasteiger partial charge in [-0.3, -0.25) is 33.6 Å². The van der Waals surface area contributed by atoms with Crippen LogP contribution in [-0.4, -0.2) is 137 Å². The number of hydrogen-bond donors (Lipinski definition) is 0. The van der Waals surface area contributed by atoms with E-state index in [1.54, 1.807) is 30.3 Å². The molecule has 0 amide bonds. The van der Waals surface area contributed by atoms with Crippen LogP contribution in [0.25, 0.3) is 0 Å². The van der Waals surface area contributed by atoms with Crippen molar-refractivity contribution in [1.29, 1.82) is 0 Å². The topological polar surface area (TPSA) is 258 Å². The number of carbonyl (C=O) groups excluding carboxylic acids is 7. The molecule has 14 atom stereocenters. The maximum atomic E-state index is 12.7. The lowest BCUT2D eigenvalue weighted by atomic mass is 9.85. The molecule has 0 spiro atoms. The van der Waals surface area contributed by atoms with Gasteiger partial charge in [-0.05, 0) is 42.3 Å². The number of esters is 7. The van der Waals surface area contributed by atoms with Gasteiger partial charge in [0.1, 0.15) is 6.10 Å². The summed E-state index contributed by atoms with van der Waals surface area (Å²) in [7, 11) is 2.89. The maximum Gasteiger partial charge on any atom is 0.308 e. The Labute approximate surface area is 391 Å². The van der Waals surface area contributed by atoms with Gasteiger partial charge in [0.2, 0.25) is 12.4 Å². The van der Waals surface area contributed by atoms with E-state index in [1.807, 2.05) is 6.07 Å². The van der Waals surface area contributed by atoms with Crippen molar-refractivity contribution in [2.45, 2.75) is 129 Å². The number of carbonyl (C=O) groups is 7. The molecule has 0 aliphatic carbocycles. The van der Waals surface area contributed by atoms with E-state index in [0.29, 0.717) is 19.0 Å². The number of benzene rings is 2. The van der Waals surface area contributed by atoms with Crippen LogP contribution in [0.1, 0.15) is 78.7 Å². The van der Waals surface area contributed by atoms with Crippen molar-refractivity contribution in [2.75, 3.05) is 34.0 Å². The van der Waals surface area contributed by atoms with E-state index in [-0.39, 0.29) is 35.2 Å². The fourth-order valence-corrected chi connectivity index (χ4v) is 8.80. The molecule has 22 nitrogen and oxygen atoms in total. The molecule has 22 heteroatoms. The maximum absolute atomic E-state index is 12.7. The number of hydrogen-bond acceptors (Lipinski definition) is 22. The van der Waals surface area contributed by atoms with Crippen LogP contribution in [0, 0.1) is 11.8 Å². The molecule has 2 aromatic carbocycles. The summed E-state index contributed by atoms with van der Waals surface area (Å²) in [6, 6.07) is 10.3. The lowest BCUT2D eigenvalue weighted by molar-refractivity contribution is -0.323. The Morgan fingerprint density at radius 2 is 0.926 bits per heavy atom. The predicted octanol–water partition coefficient (Wildman–Crippen LogP) is 3.16. The molecule has 6 rings (SSSR count). The molecule has 0 bridgehead atoms. The fraction of sp³-hybridized carbons (Fsp3) is 0.587. The summed E-state index contributed by atoms with van der Waals surface area (Å²) >= 11 is 0. The second kappa shape index (κ2) is 22.4. The average Bonchev–Trinajstić information content (AvgIpc) is 3.87. The Morgan fingerprint density at radius 3 is 1.41 bits per heavy atom. The van der Waals surface area contributed by atoms with Crippen LogP contribution in [0.5, 0.6) is 23.0 Å². The molecule has 4 aliphatic heterocycles. The second-order valence-electron chi connectivity index (χ2n) is 16.4. The van der Waals surface area contributed by atoms with Gasteiger partial charge in [-0.1, -0.05) is 12.1 Å². The van der Waals surface area contributed by atoms with Gasteiger partial charge in [-0.15, -0.1) is 0 Å². The Kier molecular flexibility index (Phi) is 16.9. The first-order chi connectivity index (χ1) is 32.3. The number of rotatable bonds is 16. The minimum atomic E-state index is -1.61. The highest BCUT2D eigenvalue weighted by Crippen LogP contribution is 2.52. The van der Waals surface area contributed by atoms with Crippen LogP contribution in [0.4, 0.5) is 0 Å². The van der Waals surface area contributed by atoms with Gasteiger partial charge in [0.15, 0.2) is 59.8 Å². The van der Waals surface area contributed by atoms with Crippen LogP contribution >= 0.6 is 0 Å². The Bertz CT molecular complexity index is 2190. The summed E-state index contributed by atoms with van der Waals surface area (Å²) in [6.07, 6.45) is -15.1. The number of ether oxygens (including phenoxy) is 15. The third kappa shape index (κ3) is 12.1. The summed E-state index contributed by atoms with van der Waals surface area (Å²) in [5.74, 6) is -4.55. The fourth-order valence-electron chi connectivity index (χ4n) is 8.80. The number of methoxy groups -OCH3 is 2. The largest absolute Gasteiger partial charge is 0.493 e. The van der Waals surface area contributed by atoms with Gasteiger partial charge in [0.25, 0.3) is 0 Å². The van der Waals surface area contributed by atoms with E-state index in [9.17, 15) is 33.6 Å². The van der Waals surface area contributed by atoms with Crippen molar-refractivity contribution in [3.63, 3.8) is 0 Å². The van der Waals surface area contributed by atoms with Gasteiger partial charge in [-0.2, -0.15) is 0 Å². The molecule has 68 heavy (non-hydrogen) atoms. The number of fused-ring (bicyclic) bond motifs is 1. The van der Waals surface area contributed by atoms with Crippen LogP contribution in [-0.2, 0) is 85.7 Å². The normalized spacial score (nSPS) is 30.7. The minimum absolute atomic E-state index is 0.0526. The highest BCUT2D eigenvalue weighted by molar-refractivity contribution is 5.71. The molecule has 0 N–H and O–H groups in total. The van der Waals surface area contributed by atoms with E-state index in [4.69, 9.17) is 71.1 Å². The zero-order chi connectivity index (χ0) is 49.6. The highest BCUT2D eigenvalue weighted by atomic mass is 16.8. The highest BCUT2D eigenvalue weighted by Gasteiger charge is 2.56. The van der Waals surface area contributed by atoms with E-state index < -0.39 is 116 Å². The molecule has 4 saturated heterocycles. The van der Waals surface area contributed by atoms with E-state index in [1.165, 1.54) is 28.1 Å². The lowest BCUT2D eigenvalue weighted by Gasteiger charge is -2.46. The summed E-state index contributed by atoms with van der Waals surface area (Å²) in [4.78, 5) is 86.2. The third-order valence-electron chi connectivity index (χ3n) is 11.3. The van der Waals surface area contributed by atoms with Crippen molar-refractivity contribution >= 4 is 41.8 Å². The first-order valence-electron chi connectivity index (χ1n) is 21.7. The predicted molar refractivity (Wildman–Crippen MR) is 225 cm³/mol. The van der Waals surface area contributed by atoms with Crippen molar-refractivity contribution in [3.05, 3.63) is 47.5 Å². The molecule has 372 valence electrons. The van der Waals surface area contributed by atoms with Crippen molar-refractivity contribution < 1.29 is 105 Å². The van der Waals surface area contributed by atoms with Crippen molar-refractivity contribution in [3.8, 4) is 23.0 Å². The standard InChI is InChI=1S/C46H56O22/c1-20-37(61-22(3)48)41(63-24(5)50)43(65-26(7)52)45(59-20)58-19-36-40(62-23(4)49)42(64-25(6)51)44(66-27(8)53)46(68-36)67-33-14-12-29(16-35(33)55-10)39-31-18-56-38(30(31)17-57-39)28-11-13-32(60-21(2)47)34(15-28)54-9/h11-16,20,30-31,36-46H,17-19H2,1-10H3/t20-,30+,31+,36+,37-,38-,39-,40+,41-,42-,43+,44+,45-,46-/m1/s1. The molecule has 0 aromatic heterocycles. The first kappa shape index (κ1) is 51.3. The molecule has 2 aromatic rings. The quantitative estimate of drug-likeness (QED) is 0.133. The lowest BCUT2D eigenvalue weighted by Crippen LogP contribution is -2.64. The Hall–Kier alpha value is -6.07. The summed E-state index contributed by atoms with van der Waals surface area (Å²) in [6.45, 7) is 9.59. The molecule has 0 unspecified atom stereocenters. The van der Waals surface area contributed by atoms with Gasteiger partial charge < -0.3 is 71.1 Å². The second-order valence-corrected chi connectivity index (χ2v) is 16.4. The molecular formula is C46H56O22. The van der Waals surface area contributed by atoms with Crippen LogP contribution < -0.4 is 18.9 Å². The molecule has 0 saturated carbocycles. The SMILES string of the molecule is COc1cc([C@H]2OC[C@H]3[C@@H]2CO[C@@H]3c2ccc(O[C@@H]3O[C@@H](CO[C@@H]4O[C@H](C)[C@@H](OC(C)=O)[C@@H](OC(C)=O)[C@@H]4OC(C)=O)[C@H](OC(C)=O)[C@@H](OC(C)=O)[C@@H]3OC(C)=O)c(OC)c2)ccc1OC(C)=O. The zero-order valence-electron chi connectivity index (χ0n) is 39.1. The monoisotopic (exact) mass is 960 g/mol. The Balaban J connectivity index is 1.27. The Morgan fingerprint density at radius 1 is 0.500 bits per heavy atom. The van der Waals surface area contributed by atoms with Crippen LogP contribution in [0.15, 0.2) is 36.4 Å². The van der Waals surface area contributed by atoms with Crippen molar-refractivity contribution in [2.24, 2.45) is 11.8 Å². The summed E-state index contributed by atoms with van der Waals surface area (Å²) in [5.41, 5.74) is 1.54. The van der Waals surface area contributed by atoms with Gasteiger partial charge in [0, 0.05) is 60.3 Å². The van der Waals surface area contributed by atoms with Crippen LogP contribution in [0.3, 0.4) is 0 Å². The van der Waals surface area contributed by atoms with Crippen LogP contribution in [0.2, 0.25) is 0 Å². The average molecular weight is 961 g/mol. The third-order valence-corrected chi connectivity index (χ3v) is 11.3.